The molecule has 0 atom stereocenters. The van der Waals surface area contributed by atoms with Gasteiger partial charge in [-0.2, -0.15) is 0 Å². The van der Waals surface area contributed by atoms with Crippen molar-refractivity contribution in [2.75, 3.05) is 0 Å². The maximum Gasteiger partial charge on any atom is 0 e. The molecule has 0 aliphatic carbocycles. The molecule has 0 spiro atoms. The normalized spacial score (nSPS) is 0. The van der Waals surface area contributed by atoms with Crippen LogP contribution in [0.25, 0.3) is 0 Å². The van der Waals surface area contributed by atoms with Gasteiger partial charge >= 0.3 is 0 Å². The van der Waals surface area contributed by atoms with Gasteiger partial charge in [-0.1, -0.05) is 0 Å². The van der Waals surface area contributed by atoms with E-state index in [9.17, 15) is 0 Å². The zero-order valence-corrected chi connectivity index (χ0v) is 6.04. The summed E-state index contributed by atoms with van der Waals surface area (Å²) in [7, 11) is 0. The molecule has 0 aliphatic rings. The first kappa shape index (κ1) is 230. The smallest absolute Gasteiger partial charge is 0 e. The SMILES string of the molecule is I.O.O.O.O.[Ni]. The first-order valence-electron chi connectivity index (χ1n) is 0. The second kappa shape index (κ2) is 137. The van der Waals surface area contributed by atoms with E-state index in [1.165, 1.54) is 0 Å². The summed E-state index contributed by atoms with van der Waals surface area (Å²) < 4.78 is 0. The zero-order valence-electron chi connectivity index (χ0n) is 2.72. The van der Waals surface area contributed by atoms with Crippen LogP contribution < -0.4 is 0 Å². The van der Waals surface area contributed by atoms with Crippen LogP contribution >= 0.6 is 24.0 Å². The van der Waals surface area contributed by atoms with E-state index in [2.05, 4.69) is 0 Å². The molecule has 0 heterocycles. The minimum Gasteiger partial charge on any atom is -0.412 e. The fourth-order valence-electron chi connectivity index (χ4n) is 0. The van der Waals surface area contributed by atoms with Crippen molar-refractivity contribution >= 4 is 24.0 Å². The Labute approximate surface area is 62.5 Å². The van der Waals surface area contributed by atoms with E-state index in [-0.39, 0.29) is 62.4 Å². The van der Waals surface area contributed by atoms with Crippen LogP contribution in [0.1, 0.15) is 0 Å². The van der Waals surface area contributed by atoms with Gasteiger partial charge in [0.1, 0.15) is 0 Å². The second-order valence-corrected chi connectivity index (χ2v) is 0. The first-order valence-corrected chi connectivity index (χ1v) is 0. The summed E-state index contributed by atoms with van der Waals surface area (Å²) in [6.45, 7) is 0. The van der Waals surface area contributed by atoms with Gasteiger partial charge in [0.05, 0.1) is 0 Å². The number of rotatable bonds is 0. The van der Waals surface area contributed by atoms with Gasteiger partial charge in [-0.05, 0) is 0 Å². The van der Waals surface area contributed by atoms with Crippen LogP contribution in [-0.4, -0.2) is 21.9 Å². The maximum atomic E-state index is 0. The maximum absolute atomic E-state index is 0. The van der Waals surface area contributed by atoms with Crippen molar-refractivity contribution in [2.45, 2.75) is 0 Å². The predicted octanol–water partition coefficient (Wildman–Crippen LogP) is -2.68. The average Bonchev–Trinajstić information content (AvgIpc) is 0. The Kier molecular flexibility index (Phi) is 5260. The summed E-state index contributed by atoms with van der Waals surface area (Å²) >= 11 is 0. The molecule has 0 aliphatic heterocycles. The van der Waals surface area contributed by atoms with Crippen LogP contribution in [0.15, 0.2) is 0 Å². The molecule has 0 amide bonds. The number of halogens is 1. The average molecular weight is 259 g/mol. The minimum absolute atomic E-state index is 0. The second-order valence-electron chi connectivity index (χ2n) is 0. The molecule has 0 rings (SSSR count). The fourth-order valence-corrected chi connectivity index (χ4v) is 0. The predicted molar refractivity (Wildman–Crippen MR) is 29.9 cm³/mol. The first-order chi connectivity index (χ1) is 0. The summed E-state index contributed by atoms with van der Waals surface area (Å²) in [5.41, 5.74) is 0. The summed E-state index contributed by atoms with van der Waals surface area (Å²) in [6.07, 6.45) is 0. The summed E-state index contributed by atoms with van der Waals surface area (Å²) in [5, 5.41) is 0. The molecule has 6 heavy (non-hydrogen) atoms. The van der Waals surface area contributed by atoms with E-state index < -0.39 is 0 Å². The molecule has 0 saturated carbocycles. The summed E-state index contributed by atoms with van der Waals surface area (Å²) in [5.74, 6) is 0. The Hall–Kier alpha value is 1.06. The molecule has 0 aromatic carbocycles. The van der Waals surface area contributed by atoms with Gasteiger partial charge in [0.2, 0.25) is 0 Å². The van der Waals surface area contributed by atoms with E-state index in [1.807, 2.05) is 0 Å². The Morgan fingerprint density at radius 1 is 0.500 bits per heavy atom. The van der Waals surface area contributed by atoms with Crippen molar-refractivity contribution in [2.24, 2.45) is 0 Å². The van der Waals surface area contributed by atoms with Gasteiger partial charge in [0, 0.05) is 16.5 Å². The van der Waals surface area contributed by atoms with Crippen molar-refractivity contribution in [1.29, 1.82) is 0 Å². The molecule has 0 radical (unpaired) electrons. The standard InChI is InChI=1S/HI.Ni.4H2O/h1H;;4*1H2. The molecule has 0 bridgehead atoms. The quantitative estimate of drug-likeness (QED) is 0.332. The van der Waals surface area contributed by atoms with E-state index >= 15 is 0 Å². The largest absolute Gasteiger partial charge is 0.412 e. The molecule has 0 fully saturated rings. The van der Waals surface area contributed by atoms with Gasteiger partial charge < -0.3 is 21.9 Å². The Morgan fingerprint density at radius 2 is 0.500 bits per heavy atom. The van der Waals surface area contributed by atoms with Crippen LogP contribution in [-0.2, 0) is 16.5 Å². The van der Waals surface area contributed by atoms with E-state index in [0.29, 0.717) is 0 Å². The molecular weight excluding hydrogens is 250 g/mol. The zero-order chi connectivity index (χ0) is 0. The van der Waals surface area contributed by atoms with Crippen LogP contribution in [0, 0.1) is 0 Å². The molecule has 0 aromatic heterocycles. The van der Waals surface area contributed by atoms with Crippen molar-refractivity contribution < 1.29 is 38.4 Å². The monoisotopic (exact) mass is 258 g/mol. The van der Waals surface area contributed by atoms with Crippen molar-refractivity contribution in [3.63, 3.8) is 0 Å². The van der Waals surface area contributed by atoms with Gasteiger partial charge in [0.25, 0.3) is 0 Å². The van der Waals surface area contributed by atoms with Crippen molar-refractivity contribution in [1.82, 2.24) is 0 Å². The van der Waals surface area contributed by atoms with E-state index in [1.54, 1.807) is 0 Å². The van der Waals surface area contributed by atoms with Crippen molar-refractivity contribution in [3.8, 4) is 0 Å². The van der Waals surface area contributed by atoms with E-state index in [0.717, 1.165) is 0 Å². The fraction of sp³-hybridized carbons (Fsp3) is 0. The Morgan fingerprint density at radius 3 is 0.500 bits per heavy atom. The molecule has 8 N–H and O–H groups in total. The molecule has 0 aromatic rings. The third-order valence-electron chi connectivity index (χ3n) is 0. The Balaban J connectivity index is 0. The molecule has 6 heteroatoms. The molecule has 50 valence electrons. The van der Waals surface area contributed by atoms with E-state index in [4.69, 9.17) is 0 Å². The summed E-state index contributed by atoms with van der Waals surface area (Å²) in [4.78, 5) is 0. The third-order valence-corrected chi connectivity index (χ3v) is 0. The van der Waals surface area contributed by atoms with Gasteiger partial charge in [-0.3, -0.25) is 0 Å². The minimum atomic E-state index is 0. The molecule has 4 nitrogen and oxygen atoms in total. The van der Waals surface area contributed by atoms with Crippen LogP contribution in [0.3, 0.4) is 0 Å². The Bertz CT molecular complexity index is 7.51. The molecular formula is H9INiO4. The van der Waals surface area contributed by atoms with Gasteiger partial charge in [-0.15, -0.1) is 24.0 Å². The van der Waals surface area contributed by atoms with Gasteiger partial charge in [-0.25, -0.2) is 0 Å². The van der Waals surface area contributed by atoms with Crippen LogP contribution in [0.5, 0.6) is 0 Å². The van der Waals surface area contributed by atoms with Crippen molar-refractivity contribution in [3.05, 3.63) is 0 Å². The molecule has 0 saturated heterocycles. The topological polar surface area (TPSA) is 126 Å². The number of hydrogen-bond donors (Lipinski definition) is 0. The summed E-state index contributed by atoms with van der Waals surface area (Å²) in [6, 6.07) is 0. The third kappa shape index (κ3) is 73.9. The number of hydrogen-bond acceptors (Lipinski definition) is 0. The van der Waals surface area contributed by atoms with Gasteiger partial charge in [0.15, 0.2) is 0 Å². The van der Waals surface area contributed by atoms with Crippen LogP contribution in [0.2, 0.25) is 0 Å². The van der Waals surface area contributed by atoms with Crippen LogP contribution in [0.4, 0.5) is 0 Å². The molecule has 0 unspecified atom stereocenters.